The molecule has 2 aromatic heterocycles. The minimum atomic E-state index is -3.60. The Bertz CT molecular complexity index is 722. The molecule has 0 bridgehead atoms. The third-order valence-electron chi connectivity index (χ3n) is 2.87. The highest BCUT2D eigenvalue weighted by molar-refractivity contribution is 9.11. The maximum Gasteiger partial charge on any atom is 0.243 e. The maximum absolute atomic E-state index is 12.5. The van der Waals surface area contributed by atoms with Gasteiger partial charge in [-0.15, -0.1) is 11.3 Å². The van der Waals surface area contributed by atoms with E-state index < -0.39 is 16.1 Å². The zero-order valence-corrected chi connectivity index (χ0v) is 15.2. The number of thiophene rings is 1. The van der Waals surface area contributed by atoms with Gasteiger partial charge in [-0.2, -0.15) is 0 Å². The fraction of sp³-hybridized carbons (Fsp3) is 0.385. The summed E-state index contributed by atoms with van der Waals surface area (Å²) in [6, 6.07) is 4.83. The molecular formula is C13H17BrN2O3S2. The lowest BCUT2D eigenvalue weighted by atomic mass is 10.3. The molecule has 116 valence electrons. The molecule has 0 aliphatic carbocycles. The molecule has 0 aliphatic heterocycles. The topological polar surface area (TPSA) is 71.3 Å². The Hall–Kier alpha value is -0.670. The predicted octanol–water partition coefficient (Wildman–Crippen LogP) is 3.17. The van der Waals surface area contributed by atoms with Gasteiger partial charge in [-0.25, -0.2) is 13.1 Å². The van der Waals surface area contributed by atoms with Crippen LogP contribution in [-0.4, -0.2) is 15.5 Å². The first-order valence-corrected chi connectivity index (χ1v) is 9.44. The summed E-state index contributed by atoms with van der Waals surface area (Å²) in [4.78, 5) is 1.21. The Balaban J connectivity index is 2.22. The summed E-state index contributed by atoms with van der Waals surface area (Å²) in [7, 11) is -1.78. The Morgan fingerprint density at radius 2 is 2.14 bits per heavy atom. The number of hydrogen-bond donors (Lipinski definition) is 2. The zero-order chi connectivity index (χ0) is 15.6. The quantitative estimate of drug-likeness (QED) is 0.791. The molecule has 0 radical (unpaired) electrons. The van der Waals surface area contributed by atoms with Crippen LogP contribution in [0.1, 0.15) is 29.4 Å². The highest BCUT2D eigenvalue weighted by Crippen LogP contribution is 2.32. The van der Waals surface area contributed by atoms with Gasteiger partial charge in [0.15, 0.2) is 0 Å². The maximum atomic E-state index is 12.5. The van der Waals surface area contributed by atoms with E-state index in [1.165, 1.54) is 11.3 Å². The Morgan fingerprint density at radius 1 is 1.43 bits per heavy atom. The van der Waals surface area contributed by atoms with Crippen molar-refractivity contribution in [1.29, 1.82) is 0 Å². The van der Waals surface area contributed by atoms with Crippen LogP contribution >= 0.6 is 27.3 Å². The van der Waals surface area contributed by atoms with Crippen molar-refractivity contribution in [3.05, 3.63) is 38.4 Å². The van der Waals surface area contributed by atoms with Crippen LogP contribution in [0.5, 0.6) is 0 Å². The standard InChI is InChI=1S/C13H17BrN2O3S2/c1-8-4-5-11(19-8)9(2)16-21(17,18)12-6-10(7-15-3)20-13(12)14/h4-6,9,15-16H,7H2,1-3H3. The molecular weight excluding hydrogens is 376 g/mol. The summed E-state index contributed by atoms with van der Waals surface area (Å²) in [6.45, 7) is 4.21. The van der Waals surface area contributed by atoms with Gasteiger partial charge in [-0.05, 0) is 55.0 Å². The number of rotatable bonds is 6. The van der Waals surface area contributed by atoms with E-state index in [1.54, 1.807) is 19.1 Å². The summed E-state index contributed by atoms with van der Waals surface area (Å²) in [6.07, 6.45) is 0. The van der Waals surface area contributed by atoms with E-state index in [2.05, 4.69) is 26.0 Å². The third-order valence-corrected chi connectivity index (χ3v) is 6.66. The second kappa shape index (κ2) is 6.62. The highest BCUT2D eigenvalue weighted by Gasteiger charge is 2.24. The van der Waals surface area contributed by atoms with E-state index >= 15 is 0 Å². The minimum absolute atomic E-state index is 0.257. The van der Waals surface area contributed by atoms with Crippen LogP contribution in [0, 0.1) is 6.92 Å². The van der Waals surface area contributed by atoms with Gasteiger partial charge < -0.3 is 9.73 Å². The lowest BCUT2D eigenvalue weighted by molar-refractivity contribution is 0.441. The van der Waals surface area contributed by atoms with E-state index in [4.69, 9.17) is 4.42 Å². The second-order valence-corrected chi connectivity index (χ2v) is 8.81. The van der Waals surface area contributed by atoms with Crippen molar-refractivity contribution in [3.63, 3.8) is 0 Å². The molecule has 0 aromatic carbocycles. The van der Waals surface area contributed by atoms with Gasteiger partial charge in [0.2, 0.25) is 10.0 Å². The lowest BCUT2D eigenvalue weighted by Crippen LogP contribution is -2.26. The fourth-order valence-electron chi connectivity index (χ4n) is 1.88. The molecule has 0 saturated carbocycles. The smallest absolute Gasteiger partial charge is 0.243 e. The molecule has 8 heteroatoms. The largest absolute Gasteiger partial charge is 0.465 e. The molecule has 2 N–H and O–H groups in total. The Labute approximate surface area is 136 Å². The summed E-state index contributed by atoms with van der Waals surface area (Å²) in [5.74, 6) is 1.35. The minimum Gasteiger partial charge on any atom is -0.465 e. The van der Waals surface area contributed by atoms with Crippen molar-refractivity contribution < 1.29 is 12.8 Å². The molecule has 0 spiro atoms. The molecule has 0 aliphatic rings. The van der Waals surface area contributed by atoms with E-state index in [0.29, 0.717) is 16.1 Å². The molecule has 2 heterocycles. The van der Waals surface area contributed by atoms with Crippen LogP contribution < -0.4 is 10.0 Å². The number of hydrogen-bond acceptors (Lipinski definition) is 5. The van der Waals surface area contributed by atoms with Gasteiger partial charge >= 0.3 is 0 Å². The van der Waals surface area contributed by atoms with Gasteiger partial charge in [-0.1, -0.05) is 0 Å². The van der Waals surface area contributed by atoms with Gasteiger partial charge in [0.25, 0.3) is 0 Å². The van der Waals surface area contributed by atoms with Crippen LogP contribution in [0.15, 0.2) is 31.3 Å². The third kappa shape index (κ3) is 3.95. The van der Waals surface area contributed by atoms with E-state index in [0.717, 1.165) is 10.6 Å². The van der Waals surface area contributed by atoms with Crippen molar-refractivity contribution in [2.24, 2.45) is 0 Å². The number of sulfonamides is 1. The van der Waals surface area contributed by atoms with Gasteiger partial charge in [0, 0.05) is 11.4 Å². The van der Waals surface area contributed by atoms with Crippen molar-refractivity contribution in [2.45, 2.75) is 31.3 Å². The molecule has 21 heavy (non-hydrogen) atoms. The average Bonchev–Trinajstić information content (AvgIpc) is 2.96. The highest BCUT2D eigenvalue weighted by atomic mass is 79.9. The molecule has 5 nitrogen and oxygen atoms in total. The van der Waals surface area contributed by atoms with E-state index in [1.807, 2.05) is 20.0 Å². The van der Waals surface area contributed by atoms with Crippen LogP contribution in [0.3, 0.4) is 0 Å². The monoisotopic (exact) mass is 392 g/mol. The van der Waals surface area contributed by atoms with Gasteiger partial charge in [0.05, 0.1) is 9.83 Å². The molecule has 0 amide bonds. The van der Waals surface area contributed by atoms with Crippen molar-refractivity contribution >= 4 is 37.3 Å². The predicted molar refractivity (Wildman–Crippen MR) is 87.0 cm³/mol. The first-order valence-electron chi connectivity index (χ1n) is 6.35. The number of aryl methyl sites for hydroxylation is 1. The molecule has 0 fully saturated rings. The number of nitrogens with one attached hydrogen (secondary N) is 2. The number of furan rings is 1. The number of halogens is 1. The SMILES string of the molecule is CNCc1cc(S(=O)(=O)NC(C)c2ccc(C)o2)c(Br)s1. The van der Waals surface area contributed by atoms with Crippen molar-refractivity contribution in [3.8, 4) is 0 Å². The van der Waals surface area contributed by atoms with Crippen molar-refractivity contribution in [2.75, 3.05) is 7.05 Å². The second-order valence-electron chi connectivity index (χ2n) is 4.67. The van der Waals surface area contributed by atoms with Gasteiger partial charge in [-0.3, -0.25) is 0 Å². The first-order chi connectivity index (χ1) is 9.83. The van der Waals surface area contributed by atoms with Crippen LogP contribution in [-0.2, 0) is 16.6 Å². The first kappa shape index (κ1) is 16.7. The van der Waals surface area contributed by atoms with Crippen molar-refractivity contribution in [1.82, 2.24) is 10.0 Å². The van der Waals surface area contributed by atoms with E-state index in [-0.39, 0.29) is 4.90 Å². The zero-order valence-electron chi connectivity index (χ0n) is 11.9. The summed E-state index contributed by atoms with van der Waals surface area (Å²) >= 11 is 4.73. The molecule has 0 saturated heterocycles. The average molecular weight is 393 g/mol. The summed E-state index contributed by atoms with van der Waals surface area (Å²) in [5, 5.41) is 3.00. The van der Waals surface area contributed by atoms with Crippen LogP contribution in [0.25, 0.3) is 0 Å². The Morgan fingerprint density at radius 3 is 2.71 bits per heavy atom. The molecule has 2 aromatic rings. The van der Waals surface area contributed by atoms with Crippen LogP contribution in [0.2, 0.25) is 0 Å². The summed E-state index contributed by atoms with van der Waals surface area (Å²) < 4.78 is 33.6. The molecule has 1 unspecified atom stereocenters. The molecule has 1 atom stereocenters. The lowest BCUT2D eigenvalue weighted by Gasteiger charge is -2.11. The van der Waals surface area contributed by atoms with Crippen LogP contribution in [0.4, 0.5) is 0 Å². The normalized spacial score (nSPS) is 13.5. The Kier molecular flexibility index (Phi) is 5.26. The van der Waals surface area contributed by atoms with E-state index in [9.17, 15) is 8.42 Å². The van der Waals surface area contributed by atoms with Gasteiger partial charge in [0.1, 0.15) is 16.4 Å². The summed E-state index contributed by atoms with van der Waals surface area (Å²) in [5.41, 5.74) is 0. The fourth-order valence-corrected chi connectivity index (χ4v) is 5.79. The molecule has 2 rings (SSSR count).